The maximum atomic E-state index is 12.4. The van der Waals surface area contributed by atoms with E-state index in [0.29, 0.717) is 17.9 Å². The van der Waals surface area contributed by atoms with Gasteiger partial charge in [0.05, 0.1) is 13.8 Å². The van der Waals surface area contributed by atoms with Crippen molar-refractivity contribution in [2.75, 3.05) is 19.5 Å². The average molecular weight is 243 g/mol. The van der Waals surface area contributed by atoms with Crippen LogP contribution in [0.4, 0.5) is 10.2 Å². The Hall–Kier alpha value is -1.59. The second kappa shape index (κ2) is 6.22. The van der Waals surface area contributed by atoms with Crippen molar-refractivity contribution in [3.63, 3.8) is 0 Å². The molecular weight excluding hydrogens is 225 g/mol. The number of carbonyl (C=O) groups is 1. The van der Waals surface area contributed by atoms with Crippen molar-refractivity contribution < 1.29 is 13.9 Å². The van der Waals surface area contributed by atoms with Crippen LogP contribution in [0.2, 0.25) is 0 Å². The van der Waals surface area contributed by atoms with Crippen molar-refractivity contribution in [1.29, 1.82) is 0 Å². The SMILES string of the molecule is CCCCn1nc(C(=O)OC)c(CCF)c1N. The van der Waals surface area contributed by atoms with Gasteiger partial charge in [0, 0.05) is 18.5 Å². The normalized spacial score (nSPS) is 10.5. The highest BCUT2D eigenvalue weighted by atomic mass is 19.1. The number of halogens is 1. The van der Waals surface area contributed by atoms with Crippen molar-refractivity contribution >= 4 is 11.8 Å². The lowest BCUT2D eigenvalue weighted by Gasteiger charge is -2.02. The third kappa shape index (κ3) is 2.95. The minimum atomic E-state index is -0.576. The summed E-state index contributed by atoms with van der Waals surface area (Å²) in [5, 5.41) is 4.09. The molecule has 0 radical (unpaired) electrons. The van der Waals surface area contributed by atoms with Gasteiger partial charge in [-0.1, -0.05) is 13.3 Å². The number of nitrogens with two attached hydrogens (primary N) is 1. The topological polar surface area (TPSA) is 70.1 Å². The number of hydrogen-bond donors (Lipinski definition) is 1. The smallest absolute Gasteiger partial charge is 0.358 e. The van der Waals surface area contributed by atoms with Gasteiger partial charge in [0.2, 0.25) is 0 Å². The van der Waals surface area contributed by atoms with E-state index in [9.17, 15) is 9.18 Å². The Bertz CT molecular complexity index is 390. The van der Waals surface area contributed by atoms with Crippen LogP contribution < -0.4 is 5.73 Å². The lowest BCUT2D eigenvalue weighted by atomic mass is 10.2. The molecule has 1 heterocycles. The number of carbonyl (C=O) groups excluding carboxylic acids is 1. The minimum Gasteiger partial charge on any atom is -0.464 e. The molecule has 0 spiro atoms. The molecule has 0 amide bonds. The molecule has 0 fully saturated rings. The number of hydrogen-bond acceptors (Lipinski definition) is 4. The number of nitrogen functional groups attached to an aromatic ring is 1. The number of unbranched alkanes of at least 4 members (excludes halogenated alkanes) is 1. The van der Waals surface area contributed by atoms with Gasteiger partial charge in [0.15, 0.2) is 5.69 Å². The Morgan fingerprint density at radius 3 is 2.82 bits per heavy atom. The molecule has 2 N–H and O–H groups in total. The highest BCUT2D eigenvalue weighted by Crippen LogP contribution is 2.19. The highest BCUT2D eigenvalue weighted by Gasteiger charge is 2.21. The summed E-state index contributed by atoms with van der Waals surface area (Å²) in [6.07, 6.45) is 1.98. The van der Waals surface area contributed by atoms with Gasteiger partial charge in [-0.2, -0.15) is 5.10 Å². The van der Waals surface area contributed by atoms with Crippen LogP contribution in [-0.4, -0.2) is 29.5 Å². The van der Waals surface area contributed by atoms with Crippen LogP contribution in [-0.2, 0) is 17.7 Å². The Labute approximate surface area is 99.7 Å². The maximum absolute atomic E-state index is 12.4. The molecule has 0 aromatic carbocycles. The third-order valence-corrected chi connectivity index (χ3v) is 2.54. The van der Waals surface area contributed by atoms with Gasteiger partial charge in [0.1, 0.15) is 5.82 Å². The molecular formula is C11H18FN3O2. The summed E-state index contributed by atoms with van der Waals surface area (Å²) < 4.78 is 18.6. The summed E-state index contributed by atoms with van der Waals surface area (Å²) >= 11 is 0. The number of anilines is 1. The lowest BCUT2D eigenvalue weighted by molar-refractivity contribution is 0.0591. The molecule has 96 valence electrons. The monoisotopic (exact) mass is 243 g/mol. The third-order valence-electron chi connectivity index (χ3n) is 2.54. The summed E-state index contributed by atoms with van der Waals surface area (Å²) in [5.41, 5.74) is 6.41. The number of aromatic nitrogens is 2. The predicted octanol–water partition coefficient (Wildman–Crippen LogP) is 1.56. The molecule has 1 aromatic heterocycles. The van der Waals surface area contributed by atoms with Gasteiger partial charge >= 0.3 is 5.97 Å². The average Bonchev–Trinajstić information content (AvgIpc) is 2.64. The van der Waals surface area contributed by atoms with Crippen LogP contribution in [0, 0.1) is 0 Å². The highest BCUT2D eigenvalue weighted by molar-refractivity contribution is 5.90. The number of alkyl halides is 1. The molecule has 0 aliphatic heterocycles. The fraction of sp³-hybridized carbons (Fsp3) is 0.636. The number of esters is 1. The molecule has 17 heavy (non-hydrogen) atoms. The Balaban J connectivity index is 3.05. The standard InChI is InChI=1S/C11H18FN3O2/c1-3-4-7-15-10(13)8(5-6-12)9(14-15)11(16)17-2/h3-7,13H2,1-2H3. The molecule has 0 aliphatic rings. The largest absolute Gasteiger partial charge is 0.464 e. The van der Waals surface area contributed by atoms with Crippen LogP contribution in [0.1, 0.15) is 35.8 Å². The van der Waals surface area contributed by atoms with Gasteiger partial charge in [-0.3, -0.25) is 4.39 Å². The van der Waals surface area contributed by atoms with E-state index in [4.69, 9.17) is 5.73 Å². The zero-order valence-electron chi connectivity index (χ0n) is 10.2. The van der Waals surface area contributed by atoms with Crippen molar-refractivity contribution in [3.05, 3.63) is 11.3 Å². The molecule has 0 bridgehead atoms. The Kier molecular flexibility index (Phi) is 4.93. The quantitative estimate of drug-likeness (QED) is 0.770. The van der Waals surface area contributed by atoms with Crippen LogP contribution in [0.25, 0.3) is 0 Å². The second-order valence-corrected chi connectivity index (χ2v) is 3.72. The number of nitrogens with zero attached hydrogens (tertiary/aromatic N) is 2. The first-order chi connectivity index (χ1) is 8.15. The second-order valence-electron chi connectivity index (χ2n) is 3.72. The molecule has 1 aromatic rings. The van der Waals surface area contributed by atoms with E-state index in [1.807, 2.05) is 6.92 Å². The van der Waals surface area contributed by atoms with Gasteiger partial charge in [-0.05, 0) is 6.42 Å². The van der Waals surface area contributed by atoms with Gasteiger partial charge < -0.3 is 10.5 Å². The van der Waals surface area contributed by atoms with Gasteiger partial charge in [-0.25, -0.2) is 9.48 Å². The summed E-state index contributed by atoms with van der Waals surface area (Å²) in [6, 6.07) is 0. The Morgan fingerprint density at radius 1 is 1.59 bits per heavy atom. The van der Waals surface area contributed by atoms with E-state index in [1.54, 1.807) is 4.68 Å². The number of ether oxygens (including phenoxy) is 1. The van der Waals surface area contributed by atoms with Crippen LogP contribution in [0.15, 0.2) is 0 Å². The predicted molar refractivity (Wildman–Crippen MR) is 62.6 cm³/mol. The van der Waals surface area contributed by atoms with Crippen molar-refractivity contribution in [2.24, 2.45) is 0 Å². The molecule has 0 atom stereocenters. The fourth-order valence-electron chi connectivity index (χ4n) is 1.59. The molecule has 1 rings (SSSR count). The number of rotatable bonds is 6. The van der Waals surface area contributed by atoms with Crippen molar-refractivity contribution in [2.45, 2.75) is 32.7 Å². The summed E-state index contributed by atoms with van der Waals surface area (Å²) in [6.45, 7) is 2.09. The Morgan fingerprint density at radius 2 is 2.29 bits per heavy atom. The van der Waals surface area contributed by atoms with E-state index >= 15 is 0 Å². The van der Waals surface area contributed by atoms with Gasteiger partial charge in [-0.15, -0.1) is 0 Å². The van der Waals surface area contributed by atoms with E-state index < -0.39 is 12.6 Å². The first-order valence-corrected chi connectivity index (χ1v) is 5.65. The van der Waals surface area contributed by atoms with E-state index in [0.717, 1.165) is 12.8 Å². The number of aryl methyl sites for hydroxylation is 1. The van der Waals surface area contributed by atoms with E-state index in [1.165, 1.54) is 7.11 Å². The van der Waals surface area contributed by atoms with Crippen LogP contribution in [0.5, 0.6) is 0 Å². The maximum Gasteiger partial charge on any atom is 0.358 e. The van der Waals surface area contributed by atoms with Crippen LogP contribution >= 0.6 is 0 Å². The summed E-state index contributed by atoms with van der Waals surface area (Å²) in [7, 11) is 1.27. The first-order valence-electron chi connectivity index (χ1n) is 5.65. The zero-order chi connectivity index (χ0) is 12.8. The number of methoxy groups -OCH3 is 1. The summed E-state index contributed by atoms with van der Waals surface area (Å²) in [4.78, 5) is 11.5. The first kappa shape index (κ1) is 13.5. The van der Waals surface area contributed by atoms with Crippen LogP contribution in [0.3, 0.4) is 0 Å². The molecule has 0 saturated heterocycles. The molecule has 0 saturated carbocycles. The van der Waals surface area contributed by atoms with E-state index in [-0.39, 0.29) is 12.1 Å². The fourth-order valence-corrected chi connectivity index (χ4v) is 1.59. The lowest BCUT2D eigenvalue weighted by Crippen LogP contribution is -2.07. The molecule has 5 nitrogen and oxygen atoms in total. The van der Waals surface area contributed by atoms with Crippen molar-refractivity contribution in [1.82, 2.24) is 9.78 Å². The van der Waals surface area contributed by atoms with Crippen molar-refractivity contribution in [3.8, 4) is 0 Å². The molecule has 0 unspecified atom stereocenters. The molecule has 6 heteroatoms. The van der Waals surface area contributed by atoms with Gasteiger partial charge in [0.25, 0.3) is 0 Å². The minimum absolute atomic E-state index is 0.0857. The molecule has 0 aliphatic carbocycles. The summed E-state index contributed by atoms with van der Waals surface area (Å²) in [5.74, 6) is -0.216. The van der Waals surface area contributed by atoms with E-state index in [2.05, 4.69) is 9.84 Å². The zero-order valence-corrected chi connectivity index (χ0v) is 10.2.